The maximum Gasteiger partial charge on any atom is 0.340 e. The summed E-state index contributed by atoms with van der Waals surface area (Å²) in [6, 6.07) is 10.7. The van der Waals surface area contributed by atoms with E-state index in [2.05, 4.69) is 5.32 Å². The molecule has 0 aliphatic heterocycles. The molecule has 3 N–H and O–H groups in total. The Kier molecular flexibility index (Phi) is 4.70. The molecule has 0 aliphatic rings. The molecule has 21 heavy (non-hydrogen) atoms. The van der Waals surface area contributed by atoms with E-state index >= 15 is 0 Å². The molecule has 0 aliphatic carbocycles. The summed E-state index contributed by atoms with van der Waals surface area (Å²) in [4.78, 5) is 12.0. The number of rotatable bonds is 4. The van der Waals surface area contributed by atoms with Crippen LogP contribution in [-0.4, -0.2) is 12.6 Å². The van der Waals surface area contributed by atoms with Gasteiger partial charge in [-0.1, -0.05) is 17.7 Å². The number of halogens is 1. The molecule has 110 valence electrons. The van der Waals surface area contributed by atoms with Crippen molar-refractivity contribution in [3.05, 3.63) is 52.5 Å². The Morgan fingerprint density at radius 3 is 2.71 bits per heavy atom. The summed E-state index contributed by atoms with van der Waals surface area (Å²) < 4.78 is 5.05. The van der Waals surface area contributed by atoms with Gasteiger partial charge in [-0.2, -0.15) is 0 Å². The largest absolute Gasteiger partial charge is 0.462 e. The van der Waals surface area contributed by atoms with Crippen LogP contribution in [0.25, 0.3) is 0 Å². The molecule has 0 aromatic heterocycles. The lowest BCUT2D eigenvalue weighted by Crippen LogP contribution is -2.09. The quantitative estimate of drug-likeness (QED) is 0.658. The summed E-state index contributed by atoms with van der Waals surface area (Å²) in [5.41, 5.74) is 9.03. The van der Waals surface area contributed by atoms with Gasteiger partial charge < -0.3 is 15.8 Å². The second-order valence-corrected chi connectivity index (χ2v) is 5.04. The molecule has 0 bridgehead atoms. The summed E-state index contributed by atoms with van der Waals surface area (Å²) >= 11 is 6.17. The van der Waals surface area contributed by atoms with Crippen molar-refractivity contribution in [2.45, 2.75) is 13.8 Å². The SMILES string of the molecule is CCOC(=O)c1cc(N)ccc1Nc1cc(C)ccc1Cl. The predicted molar refractivity (Wildman–Crippen MR) is 86.3 cm³/mol. The van der Waals surface area contributed by atoms with E-state index in [4.69, 9.17) is 22.1 Å². The lowest BCUT2D eigenvalue weighted by atomic mass is 10.1. The number of nitrogens with one attached hydrogen (secondary N) is 1. The molecule has 2 aromatic rings. The smallest absolute Gasteiger partial charge is 0.340 e. The van der Waals surface area contributed by atoms with Crippen molar-refractivity contribution < 1.29 is 9.53 Å². The monoisotopic (exact) mass is 304 g/mol. The lowest BCUT2D eigenvalue weighted by Gasteiger charge is -2.13. The highest BCUT2D eigenvalue weighted by molar-refractivity contribution is 6.33. The van der Waals surface area contributed by atoms with Crippen molar-refractivity contribution in [3.63, 3.8) is 0 Å². The molecule has 0 spiro atoms. The van der Waals surface area contributed by atoms with Crippen LogP contribution in [0.3, 0.4) is 0 Å². The summed E-state index contributed by atoms with van der Waals surface area (Å²) in [7, 11) is 0. The normalized spacial score (nSPS) is 10.2. The van der Waals surface area contributed by atoms with Gasteiger partial charge in [0, 0.05) is 5.69 Å². The average molecular weight is 305 g/mol. The Labute approximate surface area is 128 Å². The zero-order valence-corrected chi connectivity index (χ0v) is 12.7. The fourth-order valence-corrected chi connectivity index (χ4v) is 2.09. The highest BCUT2D eigenvalue weighted by Crippen LogP contribution is 2.29. The van der Waals surface area contributed by atoms with Gasteiger partial charge >= 0.3 is 5.97 Å². The van der Waals surface area contributed by atoms with E-state index in [1.807, 2.05) is 19.1 Å². The van der Waals surface area contributed by atoms with Crippen molar-refractivity contribution >= 4 is 34.6 Å². The summed E-state index contributed by atoms with van der Waals surface area (Å²) in [5, 5.41) is 3.74. The topological polar surface area (TPSA) is 64.3 Å². The van der Waals surface area contributed by atoms with E-state index < -0.39 is 5.97 Å². The van der Waals surface area contributed by atoms with Gasteiger partial charge in [-0.15, -0.1) is 0 Å². The number of hydrogen-bond acceptors (Lipinski definition) is 4. The number of aryl methyl sites for hydroxylation is 1. The highest BCUT2D eigenvalue weighted by atomic mass is 35.5. The van der Waals surface area contributed by atoms with E-state index in [1.165, 1.54) is 0 Å². The minimum absolute atomic E-state index is 0.304. The average Bonchev–Trinajstić information content (AvgIpc) is 2.45. The van der Waals surface area contributed by atoms with Crippen molar-refractivity contribution in [2.24, 2.45) is 0 Å². The molecule has 0 amide bonds. The number of carbonyl (C=O) groups excluding carboxylic acids is 1. The van der Waals surface area contributed by atoms with Crippen molar-refractivity contribution in [2.75, 3.05) is 17.7 Å². The first-order valence-electron chi connectivity index (χ1n) is 6.61. The number of nitrogen functional groups attached to an aromatic ring is 1. The number of anilines is 3. The number of benzene rings is 2. The Morgan fingerprint density at radius 2 is 2.00 bits per heavy atom. The molecule has 0 unspecified atom stereocenters. The number of esters is 1. The molecule has 2 rings (SSSR count). The van der Waals surface area contributed by atoms with Crippen molar-refractivity contribution in [1.29, 1.82) is 0 Å². The molecule has 0 radical (unpaired) electrons. The fourth-order valence-electron chi connectivity index (χ4n) is 1.93. The first-order valence-corrected chi connectivity index (χ1v) is 6.99. The number of carbonyl (C=O) groups is 1. The Balaban J connectivity index is 2.39. The minimum atomic E-state index is -0.420. The van der Waals surface area contributed by atoms with Crippen LogP contribution in [0.15, 0.2) is 36.4 Å². The standard InChI is InChI=1S/C16H17ClN2O2/c1-3-21-16(20)12-9-11(18)5-7-14(12)19-15-8-10(2)4-6-13(15)17/h4-9,19H,3,18H2,1-2H3. The van der Waals surface area contributed by atoms with E-state index in [-0.39, 0.29) is 0 Å². The fraction of sp³-hybridized carbons (Fsp3) is 0.188. The molecule has 0 heterocycles. The Hall–Kier alpha value is -2.20. The third kappa shape index (κ3) is 3.67. The van der Waals surface area contributed by atoms with Gasteiger partial charge in [0.1, 0.15) is 0 Å². The summed E-state index contributed by atoms with van der Waals surface area (Å²) in [5.74, 6) is -0.420. The number of hydrogen-bond donors (Lipinski definition) is 2. The molecule has 2 aromatic carbocycles. The van der Waals surface area contributed by atoms with Gasteiger partial charge in [0.05, 0.1) is 28.6 Å². The van der Waals surface area contributed by atoms with Crippen LogP contribution in [0.4, 0.5) is 17.1 Å². The molecule has 5 heteroatoms. The van der Waals surface area contributed by atoms with E-state index in [0.717, 1.165) is 11.3 Å². The number of ether oxygens (including phenoxy) is 1. The summed E-state index contributed by atoms with van der Waals surface area (Å²) in [6.07, 6.45) is 0. The van der Waals surface area contributed by atoms with Crippen LogP contribution in [0, 0.1) is 6.92 Å². The second-order valence-electron chi connectivity index (χ2n) is 4.63. The Bertz CT molecular complexity index is 671. The Morgan fingerprint density at radius 1 is 1.24 bits per heavy atom. The van der Waals surface area contributed by atoms with Crippen molar-refractivity contribution in [3.8, 4) is 0 Å². The third-order valence-corrected chi connectivity index (χ3v) is 3.26. The van der Waals surface area contributed by atoms with E-state index in [9.17, 15) is 4.79 Å². The maximum absolute atomic E-state index is 12.0. The van der Waals surface area contributed by atoms with Crippen LogP contribution in [0.5, 0.6) is 0 Å². The first-order chi connectivity index (χ1) is 10.0. The van der Waals surface area contributed by atoms with Crippen LogP contribution < -0.4 is 11.1 Å². The molecular formula is C16H17ClN2O2. The highest BCUT2D eigenvalue weighted by Gasteiger charge is 2.14. The van der Waals surface area contributed by atoms with Gasteiger partial charge in [0.2, 0.25) is 0 Å². The van der Waals surface area contributed by atoms with Gasteiger partial charge in [0.15, 0.2) is 0 Å². The van der Waals surface area contributed by atoms with Gasteiger partial charge in [-0.3, -0.25) is 0 Å². The molecule has 4 nitrogen and oxygen atoms in total. The lowest BCUT2D eigenvalue weighted by molar-refractivity contribution is 0.0527. The second kappa shape index (κ2) is 6.50. The van der Waals surface area contributed by atoms with E-state index in [1.54, 1.807) is 31.2 Å². The number of nitrogens with two attached hydrogens (primary N) is 1. The molecule has 0 atom stereocenters. The van der Waals surface area contributed by atoms with E-state index in [0.29, 0.717) is 28.6 Å². The van der Waals surface area contributed by atoms with Gasteiger partial charge in [-0.25, -0.2) is 4.79 Å². The maximum atomic E-state index is 12.0. The van der Waals surface area contributed by atoms with Crippen LogP contribution in [-0.2, 0) is 4.74 Å². The molecule has 0 fully saturated rings. The zero-order chi connectivity index (χ0) is 15.4. The predicted octanol–water partition coefficient (Wildman–Crippen LogP) is 4.15. The van der Waals surface area contributed by atoms with Crippen LogP contribution >= 0.6 is 11.6 Å². The van der Waals surface area contributed by atoms with Crippen LogP contribution in [0.1, 0.15) is 22.8 Å². The molecule has 0 saturated heterocycles. The van der Waals surface area contributed by atoms with Crippen LogP contribution in [0.2, 0.25) is 5.02 Å². The van der Waals surface area contributed by atoms with Gasteiger partial charge in [-0.05, 0) is 49.7 Å². The van der Waals surface area contributed by atoms with Gasteiger partial charge in [0.25, 0.3) is 0 Å². The molecular weight excluding hydrogens is 288 g/mol. The first kappa shape index (κ1) is 15.2. The third-order valence-electron chi connectivity index (χ3n) is 2.93. The van der Waals surface area contributed by atoms with Crippen molar-refractivity contribution in [1.82, 2.24) is 0 Å². The zero-order valence-electron chi connectivity index (χ0n) is 11.9. The summed E-state index contributed by atoms with van der Waals surface area (Å²) in [6.45, 7) is 4.03. The minimum Gasteiger partial charge on any atom is -0.462 e. The molecule has 0 saturated carbocycles.